The van der Waals surface area contributed by atoms with Gasteiger partial charge in [0.05, 0.1) is 6.10 Å². The van der Waals surface area contributed by atoms with Crippen LogP contribution in [0.3, 0.4) is 0 Å². The lowest BCUT2D eigenvalue weighted by Crippen LogP contribution is -2.13. The number of nitrogens with two attached hydrogens (primary N) is 1. The summed E-state index contributed by atoms with van der Waals surface area (Å²) in [5, 5.41) is 0.529. The van der Waals surface area contributed by atoms with Gasteiger partial charge in [-0.25, -0.2) is 4.39 Å². The number of halogens is 2. The lowest BCUT2D eigenvalue weighted by atomic mass is 9.99. The minimum Gasteiger partial charge on any atom is -0.378 e. The van der Waals surface area contributed by atoms with Crippen LogP contribution in [-0.4, -0.2) is 12.7 Å². The summed E-state index contributed by atoms with van der Waals surface area (Å²) in [6, 6.07) is 4.25. The fourth-order valence-electron chi connectivity index (χ4n) is 2.39. The van der Waals surface area contributed by atoms with Crippen molar-refractivity contribution in [2.45, 2.75) is 44.2 Å². The number of benzene rings is 1. The van der Waals surface area contributed by atoms with Crippen LogP contribution in [0.25, 0.3) is 0 Å². The normalized spacial score (nSPS) is 21.2. The minimum atomic E-state index is -0.287. The zero-order chi connectivity index (χ0) is 13.0. The van der Waals surface area contributed by atoms with Crippen LogP contribution in [0.1, 0.15) is 43.7 Å². The van der Waals surface area contributed by atoms with Gasteiger partial charge in [0.1, 0.15) is 5.82 Å². The maximum absolute atomic E-state index is 13.6. The van der Waals surface area contributed by atoms with Crippen LogP contribution in [-0.2, 0) is 4.74 Å². The first-order chi connectivity index (χ1) is 8.66. The minimum absolute atomic E-state index is 0.274. The Hall–Kier alpha value is -0.640. The van der Waals surface area contributed by atoms with Crippen LogP contribution >= 0.6 is 11.6 Å². The zero-order valence-corrected chi connectivity index (χ0v) is 11.1. The molecule has 0 bridgehead atoms. The van der Waals surface area contributed by atoms with Crippen molar-refractivity contribution < 1.29 is 9.13 Å². The second-order valence-corrected chi connectivity index (χ2v) is 5.27. The van der Waals surface area contributed by atoms with E-state index >= 15 is 0 Å². The summed E-state index contributed by atoms with van der Waals surface area (Å²) in [4.78, 5) is 0. The van der Waals surface area contributed by atoms with Gasteiger partial charge in [-0.15, -0.1) is 0 Å². The third-order valence-electron chi connectivity index (χ3n) is 3.42. The molecule has 1 fully saturated rings. The van der Waals surface area contributed by atoms with E-state index in [0.717, 1.165) is 38.7 Å². The Balaban J connectivity index is 1.83. The zero-order valence-electron chi connectivity index (χ0n) is 10.4. The standard InChI is InChI=1S/C14H19ClFNO/c15-10-6-7-13(16)12(9-10)14(17)5-1-3-11-4-2-8-18-11/h6-7,9,11,14H,1-5,8,17H2. The first-order valence-electron chi connectivity index (χ1n) is 6.49. The van der Waals surface area contributed by atoms with E-state index in [1.165, 1.54) is 6.07 Å². The molecule has 100 valence electrons. The largest absolute Gasteiger partial charge is 0.378 e. The first-order valence-corrected chi connectivity index (χ1v) is 6.87. The number of hydrogen-bond acceptors (Lipinski definition) is 2. The van der Waals surface area contributed by atoms with Crippen LogP contribution in [0, 0.1) is 5.82 Å². The van der Waals surface area contributed by atoms with E-state index in [-0.39, 0.29) is 11.9 Å². The molecule has 1 saturated heterocycles. The highest BCUT2D eigenvalue weighted by Crippen LogP contribution is 2.25. The average molecular weight is 272 g/mol. The van der Waals surface area contributed by atoms with E-state index < -0.39 is 0 Å². The summed E-state index contributed by atoms with van der Waals surface area (Å²) >= 11 is 5.86. The van der Waals surface area contributed by atoms with Crippen molar-refractivity contribution >= 4 is 11.6 Å². The predicted octanol–water partition coefficient (Wildman–Crippen LogP) is 3.83. The molecule has 2 rings (SSSR count). The Kier molecular flexibility index (Phi) is 4.98. The Morgan fingerprint density at radius 2 is 2.33 bits per heavy atom. The van der Waals surface area contributed by atoms with Crippen molar-refractivity contribution in [2.24, 2.45) is 5.73 Å². The molecule has 2 unspecified atom stereocenters. The monoisotopic (exact) mass is 271 g/mol. The SMILES string of the molecule is NC(CCCC1CCCO1)c1cc(Cl)ccc1F. The summed E-state index contributed by atoms with van der Waals surface area (Å²) in [5.74, 6) is -0.274. The lowest BCUT2D eigenvalue weighted by Gasteiger charge is -2.15. The molecule has 1 aliphatic rings. The lowest BCUT2D eigenvalue weighted by molar-refractivity contribution is 0.101. The van der Waals surface area contributed by atoms with Gasteiger partial charge in [-0.05, 0) is 50.3 Å². The first kappa shape index (κ1) is 13.8. The molecule has 1 heterocycles. The van der Waals surface area contributed by atoms with Crippen LogP contribution in [0.5, 0.6) is 0 Å². The summed E-state index contributed by atoms with van der Waals surface area (Å²) in [7, 11) is 0. The van der Waals surface area contributed by atoms with Gasteiger partial charge in [-0.3, -0.25) is 0 Å². The van der Waals surface area contributed by atoms with E-state index in [9.17, 15) is 4.39 Å². The Labute approximate surface area is 112 Å². The maximum Gasteiger partial charge on any atom is 0.128 e. The number of rotatable bonds is 5. The van der Waals surface area contributed by atoms with Crippen LogP contribution in [0.15, 0.2) is 18.2 Å². The molecule has 0 spiro atoms. The quantitative estimate of drug-likeness (QED) is 0.883. The molecule has 2 nitrogen and oxygen atoms in total. The molecule has 0 aromatic heterocycles. The predicted molar refractivity (Wildman–Crippen MR) is 71.2 cm³/mol. The fourth-order valence-corrected chi connectivity index (χ4v) is 2.57. The van der Waals surface area contributed by atoms with Crippen LogP contribution < -0.4 is 5.73 Å². The van der Waals surface area contributed by atoms with Gasteiger partial charge in [0.2, 0.25) is 0 Å². The number of hydrogen-bond donors (Lipinski definition) is 1. The fraction of sp³-hybridized carbons (Fsp3) is 0.571. The molecule has 4 heteroatoms. The van der Waals surface area contributed by atoms with Crippen molar-refractivity contribution in [3.8, 4) is 0 Å². The maximum atomic E-state index is 13.6. The van der Waals surface area contributed by atoms with Crippen molar-refractivity contribution in [1.82, 2.24) is 0 Å². The van der Waals surface area contributed by atoms with Crippen molar-refractivity contribution in [2.75, 3.05) is 6.61 Å². The second-order valence-electron chi connectivity index (χ2n) is 4.84. The Bertz CT molecular complexity index is 393. The second kappa shape index (κ2) is 6.50. The summed E-state index contributed by atoms with van der Waals surface area (Å²) in [5.41, 5.74) is 6.52. The highest BCUT2D eigenvalue weighted by molar-refractivity contribution is 6.30. The topological polar surface area (TPSA) is 35.2 Å². The van der Waals surface area contributed by atoms with Gasteiger partial charge in [0.15, 0.2) is 0 Å². The van der Waals surface area contributed by atoms with Gasteiger partial charge in [0.25, 0.3) is 0 Å². The highest BCUT2D eigenvalue weighted by atomic mass is 35.5. The van der Waals surface area contributed by atoms with Gasteiger partial charge >= 0.3 is 0 Å². The third-order valence-corrected chi connectivity index (χ3v) is 3.66. The summed E-state index contributed by atoms with van der Waals surface area (Å²) < 4.78 is 19.1. The molecule has 0 saturated carbocycles. The van der Waals surface area contributed by atoms with Gasteiger partial charge in [-0.1, -0.05) is 11.6 Å². The van der Waals surface area contributed by atoms with Gasteiger partial charge in [0, 0.05) is 23.2 Å². The molecule has 1 aromatic carbocycles. The van der Waals surface area contributed by atoms with E-state index in [1.54, 1.807) is 12.1 Å². The highest BCUT2D eigenvalue weighted by Gasteiger charge is 2.17. The van der Waals surface area contributed by atoms with Crippen molar-refractivity contribution in [3.05, 3.63) is 34.6 Å². The van der Waals surface area contributed by atoms with Gasteiger partial charge in [-0.2, -0.15) is 0 Å². The number of ether oxygens (including phenoxy) is 1. The third kappa shape index (κ3) is 3.67. The van der Waals surface area contributed by atoms with Crippen LogP contribution in [0.2, 0.25) is 5.02 Å². The van der Waals surface area contributed by atoms with E-state index in [0.29, 0.717) is 16.7 Å². The van der Waals surface area contributed by atoms with Crippen LogP contribution in [0.4, 0.5) is 4.39 Å². The summed E-state index contributed by atoms with van der Waals surface area (Å²) in [6.07, 6.45) is 5.40. The Morgan fingerprint density at radius 3 is 3.06 bits per heavy atom. The molecule has 2 N–H and O–H groups in total. The molecule has 0 amide bonds. The molecule has 1 aromatic rings. The molecular weight excluding hydrogens is 253 g/mol. The molecular formula is C14H19ClFNO. The molecule has 0 aliphatic carbocycles. The molecule has 18 heavy (non-hydrogen) atoms. The Morgan fingerprint density at radius 1 is 1.50 bits per heavy atom. The van der Waals surface area contributed by atoms with Crippen molar-refractivity contribution in [1.29, 1.82) is 0 Å². The van der Waals surface area contributed by atoms with E-state index in [1.807, 2.05) is 0 Å². The summed E-state index contributed by atoms with van der Waals surface area (Å²) in [6.45, 7) is 0.875. The average Bonchev–Trinajstić information content (AvgIpc) is 2.85. The molecule has 0 radical (unpaired) electrons. The van der Waals surface area contributed by atoms with Crippen molar-refractivity contribution in [3.63, 3.8) is 0 Å². The smallest absolute Gasteiger partial charge is 0.128 e. The van der Waals surface area contributed by atoms with E-state index in [2.05, 4.69) is 0 Å². The molecule has 2 atom stereocenters. The van der Waals surface area contributed by atoms with Gasteiger partial charge < -0.3 is 10.5 Å². The molecule has 1 aliphatic heterocycles. The van der Waals surface area contributed by atoms with E-state index in [4.69, 9.17) is 22.1 Å².